The fourth-order valence-electron chi connectivity index (χ4n) is 2.36. The van der Waals surface area contributed by atoms with Gasteiger partial charge in [0.15, 0.2) is 0 Å². The monoisotopic (exact) mass is 276 g/mol. The van der Waals surface area contributed by atoms with Gasteiger partial charge in [-0.2, -0.15) is 0 Å². The molecule has 0 saturated carbocycles. The van der Waals surface area contributed by atoms with Crippen LogP contribution < -0.4 is 0 Å². The molecular weight excluding hydrogens is 264 g/mol. The van der Waals surface area contributed by atoms with E-state index in [0.717, 1.165) is 33.7 Å². The minimum absolute atomic E-state index is 0.245. The summed E-state index contributed by atoms with van der Waals surface area (Å²) >= 11 is 0. The van der Waals surface area contributed by atoms with Crippen molar-refractivity contribution in [3.63, 3.8) is 0 Å². The Kier molecular flexibility index (Phi) is 2.54. The summed E-state index contributed by atoms with van der Waals surface area (Å²) in [5, 5.41) is 9.34. The van der Waals surface area contributed by atoms with E-state index in [1.54, 1.807) is 18.4 Å². The Balaban J connectivity index is 1.81. The molecule has 102 valence electrons. The highest BCUT2D eigenvalue weighted by Gasteiger charge is 2.08. The smallest absolute Gasteiger partial charge is 0.138 e. The fourth-order valence-corrected chi connectivity index (χ4v) is 2.36. The number of H-pyrrole nitrogens is 1. The Morgan fingerprint density at radius 1 is 0.952 bits per heavy atom. The van der Waals surface area contributed by atoms with Crippen LogP contribution in [0.25, 0.3) is 33.7 Å². The number of hydrogen-bond donors (Lipinski definition) is 2. The molecule has 21 heavy (non-hydrogen) atoms. The Morgan fingerprint density at radius 3 is 2.52 bits per heavy atom. The number of imidazole rings is 1. The van der Waals surface area contributed by atoms with E-state index >= 15 is 0 Å². The first kappa shape index (κ1) is 11.8. The zero-order valence-corrected chi connectivity index (χ0v) is 11.1. The van der Waals surface area contributed by atoms with Gasteiger partial charge >= 0.3 is 0 Å². The molecule has 0 aliphatic carbocycles. The average Bonchev–Trinajstić information content (AvgIpc) is 3.16. The topological polar surface area (TPSA) is 62.1 Å². The largest absolute Gasteiger partial charge is 0.508 e. The predicted molar refractivity (Wildman–Crippen MR) is 80.9 cm³/mol. The van der Waals surface area contributed by atoms with Gasteiger partial charge in [0.1, 0.15) is 17.3 Å². The third-order valence-corrected chi connectivity index (χ3v) is 3.43. The number of fused-ring (bicyclic) bond motifs is 1. The second-order valence-corrected chi connectivity index (χ2v) is 4.84. The number of furan rings is 1. The molecule has 0 amide bonds. The molecule has 2 heterocycles. The molecule has 4 rings (SSSR count). The lowest BCUT2D eigenvalue weighted by molar-refractivity contribution is 0.475. The zero-order chi connectivity index (χ0) is 14.2. The van der Waals surface area contributed by atoms with Crippen LogP contribution in [0.4, 0.5) is 0 Å². The summed E-state index contributed by atoms with van der Waals surface area (Å²) < 4.78 is 5.41. The molecule has 4 aromatic rings. The van der Waals surface area contributed by atoms with E-state index in [-0.39, 0.29) is 5.75 Å². The molecule has 0 aliphatic heterocycles. The van der Waals surface area contributed by atoms with Gasteiger partial charge < -0.3 is 14.5 Å². The van der Waals surface area contributed by atoms with Gasteiger partial charge in [0.2, 0.25) is 0 Å². The number of phenols is 1. The highest BCUT2D eigenvalue weighted by Crippen LogP contribution is 2.26. The Bertz CT molecular complexity index is 890. The van der Waals surface area contributed by atoms with Crippen molar-refractivity contribution in [2.75, 3.05) is 0 Å². The highest BCUT2D eigenvalue weighted by molar-refractivity contribution is 5.83. The molecule has 0 spiro atoms. The van der Waals surface area contributed by atoms with Crippen molar-refractivity contribution in [1.82, 2.24) is 9.97 Å². The Morgan fingerprint density at radius 2 is 1.76 bits per heavy atom. The van der Waals surface area contributed by atoms with Crippen LogP contribution in [0.2, 0.25) is 0 Å². The van der Waals surface area contributed by atoms with Crippen molar-refractivity contribution in [2.24, 2.45) is 0 Å². The van der Waals surface area contributed by atoms with E-state index in [9.17, 15) is 5.11 Å². The van der Waals surface area contributed by atoms with Crippen LogP contribution in [0.1, 0.15) is 0 Å². The van der Waals surface area contributed by atoms with E-state index in [0.29, 0.717) is 0 Å². The normalized spacial score (nSPS) is 11.0. The van der Waals surface area contributed by atoms with Gasteiger partial charge in [-0.25, -0.2) is 4.98 Å². The number of nitrogens with one attached hydrogen (secondary N) is 1. The SMILES string of the molecule is Oc1ccc(-c2nc3ccc(-c4ccco4)cc3[nH]2)cc1. The molecule has 0 bridgehead atoms. The van der Waals surface area contributed by atoms with Crippen molar-refractivity contribution in [1.29, 1.82) is 0 Å². The van der Waals surface area contributed by atoms with Crippen LogP contribution in [0.3, 0.4) is 0 Å². The molecule has 0 aliphatic rings. The predicted octanol–water partition coefficient (Wildman–Crippen LogP) is 4.20. The van der Waals surface area contributed by atoms with E-state index < -0.39 is 0 Å². The lowest BCUT2D eigenvalue weighted by atomic mass is 10.1. The first-order valence-corrected chi connectivity index (χ1v) is 6.63. The summed E-state index contributed by atoms with van der Waals surface area (Å²) in [6.45, 7) is 0. The summed E-state index contributed by atoms with van der Waals surface area (Å²) in [7, 11) is 0. The summed E-state index contributed by atoms with van der Waals surface area (Å²) in [5.74, 6) is 1.86. The second kappa shape index (κ2) is 4.52. The molecule has 0 saturated heterocycles. The summed E-state index contributed by atoms with van der Waals surface area (Å²) in [6.07, 6.45) is 1.66. The van der Waals surface area contributed by atoms with Crippen LogP contribution in [0.15, 0.2) is 65.3 Å². The number of aromatic amines is 1. The van der Waals surface area contributed by atoms with E-state index in [1.807, 2.05) is 42.5 Å². The quantitative estimate of drug-likeness (QED) is 0.577. The molecule has 0 unspecified atom stereocenters. The molecule has 4 nitrogen and oxygen atoms in total. The molecule has 2 aromatic heterocycles. The first-order valence-electron chi connectivity index (χ1n) is 6.63. The average molecular weight is 276 g/mol. The molecule has 2 N–H and O–H groups in total. The number of benzene rings is 2. The van der Waals surface area contributed by atoms with Crippen LogP contribution >= 0.6 is 0 Å². The summed E-state index contributed by atoms with van der Waals surface area (Å²) in [5.41, 5.74) is 3.79. The van der Waals surface area contributed by atoms with Crippen molar-refractivity contribution < 1.29 is 9.52 Å². The zero-order valence-electron chi connectivity index (χ0n) is 11.1. The van der Waals surface area contributed by atoms with Gasteiger partial charge in [-0.15, -0.1) is 0 Å². The Hall–Kier alpha value is -3.01. The highest BCUT2D eigenvalue weighted by atomic mass is 16.3. The molecule has 4 heteroatoms. The maximum Gasteiger partial charge on any atom is 0.138 e. The lowest BCUT2D eigenvalue weighted by Crippen LogP contribution is -1.78. The number of phenolic OH excluding ortho intramolecular Hbond substituents is 1. The molecular formula is C17H12N2O2. The van der Waals surface area contributed by atoms with Crippen LogP contribution in [0, 0.1) is 0 Å². The minimum Gasteiger partial charge on any atom is -0.508 e. The number of aromatic nitrogens is 2. The van der Waals surface area contributed by atoms with Crippen molar-refractivity contribution in [2.45, 2.75) is 0 Å². The van der Waals surface area contributed by atoms with Gasteiger partial charge in [-0.1, -0.05) is 0 Å². The molecule has 0 fully saturated rings. The van der Waals surface area contributed by atoms with E-state index in [4.69, 9.17) is 4.42 Å². The van der Waals surface area contributed by atoms with Crippen molar-refractivity contribution in [3.8, 4) is 28.5 Å². The maximum absolute atomic E-state index is 9.34. The number of nitrogens with zero attached hydrogens (tertiary/aromatic N) is 1. The van der Waals surface area contributed by atoms with Crippen LogP contribution in [0.5, 0.6) is 5.75 Å². The third kappa shape index (κ3) is 2.07. The van der Waals surface area contributed by atoms with Crippen molar-refractivity contribution in [3.05, 3.63) is 60.9 Å². The molecule has 2 aromatic carbocycles. The lowest BCUT2D eigenvalue weighted by Gasteiger charge is -1.96. The van der Waals surface area contributed by atoms with Crippen LogP contribution in [-0.2, 0) is 0 Å². The van der Waals surface area contributed by atoms with Gasteiger partial charge in [-0.05, 0) is 54.6 Å². The number of hydrogen-bond acceptors (Lipinski definition) is 3. The summed E-state index contributed by atoms with van der Waals surface area (Å²) in [6, 6.07) is 16.7. The second-order valence-electron chi connectivity index (χ2n) is 4.84. The van der Waals surface area contributed by atoms with Gasteiger partial charge in [0.05, 0.1) is 17.3 Å². The third-order valence-electron chi connectivity index (χ3n) is 3.43. The first-order chi connectivity index (χ1) is 10.3. The van der Waals surface area contributed by atoms with Gasteiger partial charge in [0, 0.05) is 11.1 Å². The van der Waals surface area contributed by atoms with Gasteiger partial charge in [0.25, 0.3) is 0 Å². The standard InChI is InChI=1S/C17H12N2O2/c20-13-6-3-11(4-7-13)17-18-14-8-5-12(10-15(14)19-17)16-2-1-9-21-16/h1-10,20H,(H,18,19). The number of aromatic hydroxyl groups is 1. The van der Waals surface area contributed by atoms with E-state index in [1.165, 1.54) is 0 Å². The molecule has 0 radical (unpaired) electrons. The van der Waals surface area contributed by atoms with E-state index in [2.05, 4.69) is 9.97 Å². The fraction of sp³-hybridized carbons (Fsp3) is 0. The van der Waals surface area contributed by atoms with Gasteiger partial charge in [-0.3, -0.25) is 0 Å². The summed E-state index contributed by atoms with van der Waals surface area (Å²) in [4.78, 5) is 7.87. The van der Waals surface area contributed by atoms with Crippen molar-refractivity contribution >= 4 is 11.0 Å². The molecule has 0 atom stereocenters. The maximum atomic E-state index is 9.34. The minimum atomic E-state index is 0.245. The van der Waals surface area contributed by atoms with Crippen LogP contribution in [-0.4, -0.2) is 15.1 Å². The Labute approximate surface area is 120 Å². The number of rotatable bonds is 2.